The number of nitrogens with one attached hydrogen (secondary N) is 1. The first-order valence-corrected chi connectivity index (χ1v) is 6.37. The lowest BCUT2D eigenvalue weighted by atomic mass is 10.1. The van der Waals surface area contributed by atoms with Crippen molar-refractivity contribution < 1.29 is 0 Å². The van der Waals surface area contributed by atoms with Crippen molar-refractivity contribution in [3.05, 3.63) is 5.69 Å². The Hall–Kier alpha value is -0.680. The number of likely N-dealkylation sites (tertiary alicyclic amines) is 1. The molecule has 2 heterocycles. The van der Waals surface area contributed by atoms with Crippen LogP contribution in [0.1, 0.15) is 25.0 Å². The van der Waals surface area contributed by atoms with Crippen molar-refractivity contribution in [1.82, 2.24) is 14.5 Å². The number of aromatic nitrogens is 2. The van der Waals surface area contributed by atoms with E-state index in [1.165, 1.54) is 37.3 Å². The quantitative estimate of drug-likeness (QED) is 0.846. The fourth-order valence-electron chi connectivity index (χ4n) is 2.91. The molecule has 82 valence electrons. The van der Waals surface area contributed by atoms with Gasteiger partial charge in [-0.15, -0.1) is 5.10 Å². The van der Waals surface area contributed by atoms with E-state index in [2.05, 4.69) is 19.8 Å². The van der Waals surface area contributed by atoms with Crippen LogP contribution in [0.3, 0.4) is 0 Å². The zero-order valence-electron chi connectivity index (χ0n) is 8.94. The van der Waals surface area contributed by atoms with Gasteiger partial charge < -0.3 is 5.32 Å². The van der Waals surface area contributed by atoms with Gasteiger partial charge in [-0.3, -0.25) is 4.90 Å². The molecule has 0 amide bonds. The normalized spacial score (nSPS) is 29.9. The van der Waals surface area contributed by atoms with Crippen molar-refractivity contribution in [2.75, 3.05) is 18.9 Å². The fraction of sp³-hybridized carbons (Fsp3) is 0.800. The summed E-state index contributed by atoms with van der Waals surface area (Å²) in [6, 6.07) is 0.821. The molecule has 1 aliphatic carbocycles. The Kier molecular flexibility index (Phi) is 2.36. The van der Waals surface area contributed by atoms with Crippen molar-refractivity contribution in [2.24, 2.45) is 5.92 Å². The molecule has 3 rings (SSSR count). The lowest BCUT2D eigenvalue weighted by molar-refractivity contribution is 0.203. The van der Waals surface area contributed by atoms with E-state index in [-0.39, 0.29) is 0 Å². The maximum atomic E-state index is 4.20. The minimum absolute atomic E-state index is 0.821. The molecular weight excluding hydrogens is 208 g/mol. The summed E-state index contributed by atoms with van der Waals surface area (Å²) < 4.78 is 4.00. The number of rotatable bonds is 3. The van der Waals surface area contributed by atoms with Gasteiger partial charge in [-0.05, 0) is 25.2 Å². The summed E-state index contributed by atoms with van der Waals surface area (Å²) in [6.45, 7) is 2.25. The summed E-state index contributed by atoms with van der Waals surface area (Å²) in [7, 11) is 1.94. The van der Waals surface area contributed by atoms with Gasteiger partial charge in [0.15, 0.2) is 0 Å². The van der Waals surface area contributed by atoms with E-state index in [1.807, 2.05) is 7.05 Å². The third kappa shape index (κ3) is 1.63. The molecular formula is C10H16N4S. The van der Waals surface area contributed by atoms with Gasteiger partial charge in [0, 0.05) is 37.7 Å². The summed E-state index contributed by atoms with van der Waals surface area (Å²) in [4.78, 5) is 2.58. The molecule has 2 unspecified atom stereocenters. The minimum Gasteiger partial charge on any atom is -0.377 e. The van der Waals surface area contributed by atoms with Crippen LogP contribution in [0.15, 0.2) is 0 Å². The SMILES string of the molecule is CNc1snnc1CN1CC2CCC1C2. The lowest BCUT2D eigenvalue weighted by Crippen LogP contribution is -2.31. The van der Waals surface area contributed by atoms with Crippen molar-refractivity contribution in [2.45, 2.75) is 31.8 Å². The van der Waals surface area contributed by atoms with Gasteiger partial charge in [-0.2, -0.15) is 0 Å². The van der Waals surface area contributed by atoms with Crippen molar-refractivity contribution in [3.8, 4) is 0 Å². The zero-order chi connectivity index (χ0) is 10.3. The molecule has 2 atom stereocenters. The van der Waals surface area contributed by atoms with E-state index < -0.39 is 0 Å². The average molecular weight is 224 g/mol. The summed E-state index contributed by atoms with van der Waals surface area (Å²) >= 11 is 1.45. The average Bonchev–Trinajstić information content (AvgIpc) is 2.92. The number of piperidine rings is 1. The Morgan fingerprint density at radius 3 is 3.13 bits per heavy atom. The Balaban J connectivity index is 1.70. The second kappa shape index (κ2) is 3.72. The topological polar surface area (TPSA) is 41.1 Å². The van der Waals surface area contributed by atoms with Gasteiger partial charge in [0.05, 0.1) is 0 Å². The molecule has 1 saturated carbocycles. The number of fused-ring (bicyclic) bond motifs is 2. The Morgan fingerprint density at radius 1 is 1.53 bits per heavy atom. The van der Waals surface area contributed by atoms with Crippen molar-refractivity contribution in [1.29, 1.82) is 0 Å². The van der Waals surface area contributed by atoms with Gasteiger partial charge in [0.25, 0.3) is 0 Å². The molecule has 0 aromatic carbocycles. The lowest BCUT2D eigenvalue weighted by Gasteiger charge is -2.25. The Bertz CT molecular complexity index is 351. The van der Waals surface area contributed by atoms with Gasteiger partial charge in [-0.1, -0.05) is 4.49 Å². The molecule has 1 aliphatic heterocycles. The van der Waals surface area contributed by atoms with Crippen LogP contribution < -0.4 is 5.32 Å². The largest absolute Gasteiger partial charge is 0.377 e. The molecule has 1 N–H and O–H groups in total. The molecule has 1 aromatic rings. The first-order chi connectivity index (χ1) is 7.36. The van der Waals surface area contributed by atoms with E-state index in [1.54, 1.807) is 0 Å². The third-order valence-electron chi connectivity index (χ3n) is 3.66. The predicted molar refractivity (Wildman–Crippen MR) is 61.0 cm³/mol. The molecule has 15 heavy (non-hydrogen) atoms. The van der Waals surface area contributed by atoms with Gasteiger partial charge in [-0.25, -0.2) is 0 Å². The molecule has 2 aliphatic rings. The maximum absolute atomic E-state index is 4.20. The van der Waals surface area contributed by atoms with Crippen LogP contribution in [0.25, 0.3) is 0 Å². The van der Waals surface area contributed by atoms with E-state index in [4.69, 9.17) is 0 Å². The Labute approximate surface area is 93.8 Å². The van der Waals surface area contributed by atoms with Crippen LogP contribution >= 0.6 is 11.5 Å². The fourth-order valence-corrected chi connectivity index (χ4v) is 3.44. The van der Waals surface area contributed by atoms with Crippen molar-refractivity contribution >= 4 is 16.5 Å². The highest BCUT2D eigenvalue weighted by Crippen LogP contribution is 2.38. The van der Waals surface area contributed by atoms with Gasteiger partial charge in [0.2, 0.25) is 0 Å². The first kappa shape index (κ1) is 9.54. The summed E-state index contributed by atoms with van der Waals surface area (Å²) in [6.07, 6.45) is 4.24. The van der Waals surface area contributed by atoms with E-state index in [9.17, 15) is 0 Å². The van der Waals surface area contributed by atoms with Crippen LogP contribution in [-0.2, 0) is 6.54 Å². The molecule has 4 nitrogen and oxygen atoms in total. The number of hydrogen-bond acceptors (Lipinski definition) is 5. The second-order valence-electron chi connectivity index (χ2n) is 4.56. The van der Waals surface area contributed by atoms with Crippen LogP contribution in [0, 0.1) is 5.92 Å². The Morgan fingerprint density at radius 2 is 2.47 bits per heavy atom. The van der Waals surface area contributed by atoms with E-state index in [0.717, 1.165) is 29.2 Å². The summed E-state index contributed by atoms with van der Waals surface area (Å²) in [5, 5.41) is 8.48. The molecule has 1 saturated heterocycles. The van der Waals surface area contributed by atoms with E-state index in [0.29, 0.717) is 0 Å². The summed E-state index contributed by atoms with van der Waals surface area (Å²) in [5.41, 5.74) is 1.12. The molecule has 2 bridgehead atoms. The summed E-state index contributed by atoms with van der Waals surface area (Å²) in [5.74, 6) is 0.958. The molecule has 5 heteroatoms. The highest BCUT2D eigenvalue weighted by atomic mass is 32.1. The van der Waals surface area contributed by atoms with Crippen LogP contribution in [0.5, 0.6) is 0 Å². The van der Waals surface area contributed by atoms with Crippen LogP contribution in [-0.4, -0.2) is 34.1 Å². The maximum Gasteiger partial charge on any atom is 0.134 e. The highest BCUT2D eigenvalue weighted by Gasteiger charge is 2.37. The van der Waals surface area contributed by atoms with Crippen LogP contribution in [0.2, 0.25) is 0 Å². The monoisotopic (exact) mass is 224 g/mol. The molecule has 1 aromatic heterocycles. The standard InChI is InChI=1S/C10H16N4S/c1-11-10-9(12-13-15-10)6-14-5-7-2-3-8(14)4-7/h7-8,11H,2-6H2,1H3. The van der Waals surface area contributed by atoms with Gasteiger partial charge in [0.1, 0.15) is 10.7 Å². The number of anilines is 1. The number of hydrogen-bond donors (Lipinski definition) is 1. The smallest absolute Gasteiger partial charge is 0.134 e. The zero-order valence-corrected chi connectivity index (χ0v) is 9.76. The van der Waals surface area contributed by atoms with E-state index >= 15 is 0 Å². The van der Waals surface area contributed by atoms with Crippen LogP contribution in [0.4, 0.5) is 5.00 Å². The minimum atomic E-state index is 0.821. The van der Waals surface area contributed by atoms with Crippen molar-refractivity contribution in [3.63, 3.8) is 0 Å². The molecule has 2 fully saturated rings. The highest BCUT2D eigenvalue weighted by molar-refractivity contribution is 7.10. The first-order valence-electron chi connectivity index (χ1n) is 5.60. The molecule has 0 radical (unpaired) electrons. The predicted octanol–water partition coefficient (Wildman–Crippen LogP) is 1.56. The molecule has 0 spiro atoms. The second-order valence-corrected chi connectivity index (χ2v) is 5.32. The van der Waals surface area contributed by atoms with Gasteiger partial charge >= 0.3 is 0 Å². The third-order valence-corrected chi connectivity index (χ3v) is 4.44. The number of nitrogens with zero attached hydrogens (tertiary/aromatic N) is 3.